The molecule has 2 heterocycles. The van der Waals surface area contributed by atoms with Gasteiger partial charge in [-0.2, -0.15) is 0 Å². The summed E-state index contributed by atoms with van der Waals surface area (Å²) in [6, 6.07) is 2.52. The molecule has 19 heavy (non-hydrogen) atoms. The van der Waals surface area contributed by atoms with Crippen molar-refractivity contribution in [3.63, 3.8) is 0 Å². The monoisotopic (exact) mass is 275 g/mol. The summed E-state index contributed by atoms with van der Waals surface area (Å²) in [5, 5.41) is 5.27. The van der Waals surface area contributed by atoms with E-state index in [-0.39, 0.29) is 5.56 Å². The minimum absolute atomic E-state index is 0.00732. The van der Waals surface area contributed by atoms with Crippen LogP contribution in [0.15, 0.2) is 28.6 Å². The molecule has 0 spiro atoms. The summed E-state index contributed by atoms with van der Waals surface area (Å²) in [5.74, 6) is 0.476. The van der Waals surface area contributed by atoms with Gasteiger partial charge in [-0.3, -0.25) is 4.79 Å². The van der Waals surface area contributed by atoms with E-state index in [4.69, 9.17) is 0 Å². The molecule has 100 valence electrons. The lowest BCUT2D eigenvalue weighted by molar-refractivity contribution is 0.699. The van der Waals surface area contributed by atoms with Crippen molar-refractivity contribution in [2.45, 2.75) is 32.2 Å². The second-order valence-corrected chi connectivity index (χ2v) is 5.92. The third-order valence-electron chi connectivity index (χ3n) is 3.42. The van der Waals surface area contributed by atoms with Crippen molar-refractivity contribution in [2.75, 3.05) is 11.9 Å². The van der Waals surface area contributed by atoms with Crippen molar-refractivity contribution in [2.24, 2.45) is 0 Å². The smallest absolute Gasteiger partial charge is 0.293 e. The van der Waals surface area contributed by atoms with Crippen molar-refractivity contribution in [1.29, 1.82) is 0 Å². The van der Waals surface area contributed by atoms with Crippen molar-refractivity contribution in [1.82, 2.24) is 9.55 Å². The van der Waals surface area contributed by atoms with Gasteiger partial charge in [0, 0.05) is 29.9 Å². The summed E-state index contributed by atoms with van der Waals surface area (Å²) in [7, 11) is 0. The van der Waals surface area contributed by atoms with Crippen LogP contribution in [0, 0.1) is 6.92 Å². The van der Waals surface area contributed by atoms with E-state index in [9.17, 15) is 4.79 Å². The average Bonchev–Trinajstić information content (AvgIpc) is 3.16. The van der Waals surface area contributed by atoms with Crippen molar-refractivity contribution in [3.05, 3.63) is 44.6 Å². The topological polar surface area (TPSA) is 46.9 Å². The van der Waals surface area contributed by atoms with Gasteiger partial charge >= 0.3 is 0 Å². The minimum atomic E-state index is 0.00732. The van der Waals surface area contributed by atoms with Gasteiger partial charge in [0.1, 0.15) is 0 Å². The van der Waals surface area contributed by atoms with Crippen LogP contribution in [0.25, 0.3) is 0 Å². The first-order valence-electron chi connectivity index (χ1n) is 6.59. The SMILES string of the molecule is Cc1ccsc1CCNc1nccn(C2CC2)c1=O. The quantitative estimate of drug-likeness (QED) is 0.912. The summed E-state index contributed by atoms with van der Waals surface area (Å²) in [6.07, 6.45) is 6.64. The maximum atomic E-state index is 12.2. The molecule has 0 bridgehead atoms. The predicted molar refractivity (Wildman–Crippen MR) is 78.0 cm³/mol. The van der Waals surface area contributed by atoms with Gasteiger partial charge in [0.25, 0.3) is 5.56 Å². The Labute approximate surface area is 116 Å². The Morgan fingerprint density at radius 3 is 3.05 bits per heavy atom. The molecular weight excluding hydrogens is 258 g/mol. The molecule has 0 atom stereocenters. The van der Waals surface area contributed by atoms with Gasteiger partial charge < -0.3 is 9.88 Å². The summed E-state index contributed by atoms with van der Waals surface area (Å²) in [6.45, 7) is 2.87. The van der Waals surface area contributed by atoms with Crippen LogP contribution in [-0.4, -0.2) is 16.1 Å². The number of nitrogens with one attached hydrogen (secondary N) is 1. The van der Waals surface area contributed by atoms with Crippen LogP contribution < -0.4 is 10.9 Å². The standard InChI is InChI=1S/C14H17N3OS/c1-10-5-9-19-12(10)4-6-15-13-14(18)17(8-7-16-13)11-2-3-11/h5,7-9,11H,2-4,6H2,1H3,(H,15,16). The Balaban J connectivity index is 1.65. The molecule has 1 N–H and O–H groups in total. The van der Waals surface area contributed by atoms with Gasteiger partial charge in [-0.25, -0.2) is 4.98 Å². The molecule has 1 aliphatic carbocycles. The lowest BCUT2D eigenvalue weighted by Gasteiger charge is -2.07. The van der Waals surface area contributed by atoms with E-state index >= 15 is 0 Å². The Bertz CT molecular complexity index is 628. The van der Waals surface area contributed by atoms with Crippen LogP contribution in [0.2, 0.25) is 0 Å². The lowest BCUT2D eigenvalue weighted by atomic mass is 10.2. The molecule has 0 amide bonds. The van der Waals surface area contributed by atoms with E-state index in [0.29, 0.717) is 11.9 Å². The van der Waals surface area contributed by atoms with Gasteiger partial charge in [-0.05, 0) is 43.2 Å². The molecular formula is C14H17N3OS. The zero-order valence-corrected chi connectivity index (χ0v) is 11.7. The molecule has 0 radical (unpaired) electrons. The molecule has 4 nitrogen and oxygen atoms in total. The normalized spacial score (nSPS) is 14.6. The first-order chi connectivity index (χ1) is 9.25. The zero-order valence-electron chi connectivity index (χ0n) is 10.9. The van der Waals surface area contributed by atoms with Gasteiger partial charge in [-0.1, -0.05) is 0 Å². The van der Waals surface area contributed by atoms with Crippen LogP contribution in [0.1, 0.15) is 29.3 Å². The Morgan fingerprint density at radius 1 is 1.53 bits per heavy atom. The molecule has 2 aromatic rings. The summed E-state index contributed by atoms with van der Waals surface area (Å²) in [5.41, 5.74) is 1.33. The second kappa shape index (κ2) is 5.17. The van der Waals surface area contributed by atoms with Crippen molar-refractivity contribution >= 4 is 17.2 Å². The first kappa shape index (κ1) is 12.4. The maximum Gasteiger partial charge on any atom is 0.293 e. The van der Waals surface area contributed by atoms with E-state index in [2.05, 4.69) is 28.7 Å². The van der Waals surface area contributed by atoms with Crippen LogP contribution in [0.4, 0.5) is 5.82 Å². The number of thiophene rings is 1. The van der Waals surface area contributed by atoms with E-state index in [1.807, 2.05) is 0 Å². The highest BCUT2D eigenvalue weighted by molar-refractivity contribution is 7.10. The third-order valence-corrected chi connectivity index (χ3v) is 4.50. The third kappa shape index (κ3) is 2.71. The fraction of sp³-hybridized carbons (Fsp3) is 0.429. The highest BCUT2D eigenvalue weighted by atomic mass is 32.1. The lowest BCUT2D eigenvalue weighted by Crippen LogP contribution is -2.24. The number of anilines is 1. The molecule has 0 aromatic carbocycles. The molecule has 1 aliphatic rings. The first-order valence-corrected chi connectivity index (χ1v) is 7.47. The average molecular weight is 275 g/mol. The second-order valence-electron chi connectivity index (χ2n) is 4.92. The number of aromatic nitrogens is 2. The van der Waals surface area contributed by atoms with Gasteiger partial charge in [-0.15, -0.1) is 11.3 Å². The molecule has 3 rings (SSSR count). The molecule has 2 aromatic heterocycles. The van der Waals surface area contributed by atoms with Crippen molar-refractivity contribution in [3.8, 4) is 0 Å². The fourth-order valence-corrected chi connectivity index (χ4v) is 3.05. The highest BCUT2D eigenvalue weighted by Gasteiger charge is 2.25. The number of hydrogen-bond donors (Lipinski definition) is 1. The number of rotatable bonds is 5. The van der Waals surface area contributed by atoms with Crippen LogP contribution in [0.5, 0.6) is 0 Å². The van der Waals surface area contributed by atoms with Crippen LogP contribution in [-0.2, 0) is 6.42 Å². The van der Waals surface area contributed by atoms with E-state index in [1.54, 1.807) is 28.3 Å². The largest absolute Gasteiger partial charge is 0.365 e. The molecule has 5 heteroatoms. The van der Waals surface area contributed by atoms with E-state index < -0.39 is 0 Å². The van der Waals surface area contributed by atoms with Gasteiger partial charge in [0.15, 0.2) is 5.82 Å². The number of hydrogen-bond acceptors (Lipinski definition) is 4. The van der Waals surface area contributed by atoms with Crippen molar-refractivity contribution < 1.29 is 0 Å². The van der Waals surface area contributed by atoms with Crippen LogP contribution in [0.3, 0.4) is 0 Å². The predicted octanol–water partition coefficient (Wildman–Crippen LogP) is 2.60. The minimum Gasteiger partial charge on any atom is -0.365 e. The molecule has 1 saturated carbocycles. The van der Waals surface area contributed by atoms with Crippen LogP contribution >= 0.6 is 11.3 Å². The molecule has 0 saturated heterocycles. The zero-order chi connectivity index (χ0) is 13.2. The molecule has 1 fully saturated rings. The van der Waals surface area contributed by atoms with E-state index in [0.717, 1.165) is 25.8 Å². The summed E-state index contributed by atoms with van der Waals surface area (Å²) in [4.78, 5) is 17.7. The fourth-order valence-electron chi connectivity index (χ4n) is 2.14. The number of nitrogens with zero attached hydrogens (tertiary/aromatic N) is 2. The molecule has 0 aliphatic heterocycles. The molecule has 0 unspecified atom stereocenters. The maximum absolute atomic E-state index is 12.2. The van der Waals surface area contributed by atoms with Gasteiger partial charge in [0.05, 0.1) is 0 Å². The Morgan fingerprint density at radius 2 is 2.37 bits per heavy atom. The Hall–Kier alpha value is -1.62. The summed E-state index contributed by atoms with van der Waals surface area (Å²) >= 11 is 1.76. The highest BCUT2D eigenvalue weighted by Crippen LogP contribution is 2.33. The Kier molecular flexibility index (Phi) is 3.38. The van der Waals surface area contributed by atoms with Gasteiger partial charge in [0.2, 0.25) is 0 Å². The number of aryl methyl sites for hydroxylation is 1. The van der Waals surface area contributed by atoms with E-state index in [1.165, 1.54) is 10.4 Å². The summed E-state index contributed by atoms with van der Waals surface area (Å²) < 4.78 is 1.80.